The van der Waals surface area contributed by atoms with Crippen LogP contribution in [0.4, 0.5) is 4.39 Å². The molecule has 124 valence electrons. The van der Waals surface area contributed by atoms with Gasteiger partial charge in [0.1, 0.15) is 5.82 Å². The highest BCUT2D eigenvalue weighted by Gasteiger charge is 2.33. The summed E-state index contributed by atoms with van der Waals surface area (Å²) in [6.07, 6.45) is 0. The number of carbonyl (C=O) groups is 1. The Morgan fingerprint density at radius 2 is 2.00 bits per heavy atom. The van der Waals surface area contributed by atoms with Gasteiger partial charge < -0.3 is 5.32 Å². The highest BCUT2D eigenvalue weighted by molar-refractivity contribution is 7.91. The van der Waals surface area contributed by atoms with E-state index >= 15 is 0 Å². The minimum absolute atomic E-state index is 0.0163. The van der Waals surface area contributed by atoms with Crippen LogP contribution < -0.4 is 5.32 Å². The van der Waals surface area contributed by atoms with E-state index in [-0.39, 0.29) is 22.1 Å². The minimum atomic E-state index is -3.19. The minimum Gasteiger partial charge on any atom is -0.352 e. The summed E-state index contributed by atoms with van der Waals surface area (Å²) in [7, 11) is -3.19. The quantitative estimate of drug-likeness (QED) is 0.858. The molecule has 1 atom stereocenters. The molecule has 0 aromatic heterocycles. The van der Waals surface area contributed by atoms with Crippen LogP contribution in [0.3, 0.4) is 0 Å². The zero-order valence-corrected chi connectivity index (χ0v) is 14.7. The summed E-state index contributed by atoms with van der Waals surface area (Å²) < 4.78 is 37.2. The summed E-state index contributed by atoms with van der Waals surface area (Å²) in [5.41, 5.74) is -0.932. The van der Waals surface area contributed by atoms with Crippen molar-refractivity contribution in [3.05, 3.63) is 34.6 Å². The van der Waals surface area contributed by atoms with E-state index in [0.717, 1.165) is 6.07 Å². The Kier molecular flexibility index (Phi) is 5.98. The molecule has 0 aliphatic rings. The van der Waals surface area contributed by atoms with E-state index in [4.69, 9.17) is 11.6 Å². The molecule has 7 heteroatoms. The molecule has 22 heavy (non-hydrogen) atoms. The number of rotatable bonds is 6. The lowest BCUT2D eigenvalue weighted by atomic mass is 9.83. The standard InChI is InChI=1S/C15H21ClFNO3S/c1-5-22(20,21)9-10(2)18-14(19)15(3,4)12-7-6-11(16)8-13(12)17/h6-8,10H,5,9H2,1-4H3,(H,18,19)/t10-/m1/s1. The number of sulfone groups is 1. The first-order valence-corrected chi connectivity index (χ1v) is 9.16. The van der Waals surface area contributed by atoms with E-state index in [9.17, 15) is 17.6 Å². The lowest BCUT2D eigenvalue weighted by Crippen LogP contribution is -2.46. The van der Waals surface area contributed by atoms with Crippen molar-refractivity contribution in [1.29, 1.82) is 0 Å². The fourth-order valence-corrected chi connectivity index (χ4v) is 3.30. The zero-order chi connectivity index (χ0) is 17.1. The molecule has 0 bridgehead atoms. The van der Waals surface area contributed by atoms with Crippen LogP contribution in [0.2, 0.25) is 5.02 Å². The van der Waals surface area contributed by atoms with Gasteiger partial charge in [-0.15, -0.1) is 0 Å². The van der Waals surface area contributed by atoms with Gasteiger partial charge in [0.15, 0.2) is 9.84 Å². The van der Waals surface area contributed by atoms with Crippen molar-refractivity contribution >= 4 is 27.3 Å². The van der Waals surface area contributed by atoms with Gasteiger partial charge in [-0.3, -0.25) is 4.79 Å². The molecule has 0 unspecified atom stereocenters. The second-order valence-corrected chi connectivity index (χ2v) is 8.66. The number of nitrogens with one attached hydrogen (secondary N) is 1. The molecule has 0 radical (unpaired) electrons. The molecular weight excluding hydrogens is 329 g/mol. The van der Waals surface area contributed by atoms with Gasteiger partial charge in [-0.1, -0.05) is 24.6 Å². The smallest absolute Gasteiger partial charge is 0.230 e. The van der Waals surface area contributed by atoms with E-state index in [1.165, 1.54) is 12.1 Å². The first kappa shape index (κ1) is 18.9. The Labute approximate surface area is 136 Å². The fourth-order valence-electron chi connectivity index (χ4n) is 2.06. The van der Waals surface area contributed by atoms with E-state index < -0.39 is 33.0 Å². The van der Waals surface area contributed by atoms with Crippen molar-refractivity contribution in [1.82, 2.24) is 5.32 Å². The van der Waals surface area contributed by atoms with Gasteiger partial charge in [0.2, 0.25) is 5.91 Å². The first-order chi connectivity index (χ1) is 9.99. The predicted molar refractivity (Wildman–Crippen MR) is 86.4 cm³/mol. The van der Waals surface area contributed by atoms with Crippen LogP contribution >= 0.6 is 11.6 Å². The highest BCUT2D eigenvalue weighted by Crippen LogP contribution is 2.28. The average Bonchev–Trinajstić information content (AvgIpc) is 2.37. The van der Waals surface area contributed by atoms with Gasteiger partial charge in [-0.05, 0) is 32.9 Å². The third kappa shape index (κ3) is 4.68. The average molecular weight is 350 g/mol. The monoisotopic (exact) mass is 349 g/mol. The molecule has 1 aromatic carbocycles. The Balaban J connectivity index is 2.91. The maximum atomic E-state index is 14.0. The van der Waals surface area contributed by atoms with Crippen LogP contribution in [0.5, 0.6) is 0 Å². The van der Waals surface area contributed by atoms with Gasteiger partial charge in [0, 0.05) is 22.4 Å². The molecular formula is C15H21ClFNO3S. The lowest BCUT2D eigenvalue weighted by Gasteiger charge is -2.27. The Morgan fingerprint density at radius 3 is 2.50 bits per heavy atom. The van der Waals surface area contributed by atoms with Crippen molar-refractivity contribution in [2.45, 2.75) is 39.2 Å². The van der Waals surface area contributed by atoms with Crippen LogP contribution in [0.15, 0.2) is 18.2 Å². The van der Waals surface area contributed by atoms with E-state index in [0.29, 0.717) is 0 Å². The summed E-state index contributed by atoms with van der Waals surface area (Å²) in [5, 5.41) is 2.88. The largest absolute Gasteiger partial charge is 0.352 e. The number of carbonyl (C=O) groups excluding carboxylic acids is 1. The highest BCUT2D eigenvalue weighted by atomic mass is 35.5. The van der Waals surface area contributed by atoms with Crippen molar-refractivity contribution in [3.63, 3.8) is 0 Å². The van der Waals surface area contributed by atoms with E-state index in [1.54, 1.807) is 27.7 Å². The second-order valence-electron chi connectivity index (χ2n) is 5.82. The van der Waals surface area contributed by atoms with E-state index in [2.05, 4.69) is 5.32 Å². The summed E-state index contributed by atoms with van der Waals surface area (Å²) >= 11 is 5.71. The van der Waals surface area contributed by atoms with Crippen LogP contribution in [0.25, 0.3) is 0 Å². The Hall–Kier alpha value is -1.14. The predicted octanol–water partition coefficient (Wildman–Crippen LogP) is 2.70. The van der Waals surface area contributed by atoms with Crippen LogP contribution in [-0.4, -0.2) is 31.9 Å². The zero-order valence-electron chi connectivity index (χ0n) is 13.1. The summed E-state index contributed by atoms with van der Waals surface area (Å²) in [6, 6.07) is 3.58. The first-order valence-electron chi connectivity index (χ1n) is 6.96. The van der Waals surface area contributed by atoms with Gasteiger partial charge >= 0.3 is 0 Å². The number of amides is 1. The lowest BCUT2D eigenvalue weighted by molar-refractivity contribution is -0.126. The Bertz CT molecular complexity index is 659. The van der Waals surface area contributed by atoms with Crippen LogP contribution in [-0.2, 0) is 20.0 Å². The van der Waals surface area contributed by atoms with Crippen molar-refractivity contribution in [2.24, 2.45) is 0 Å². The molecule has 0 aliphatic heterocycles. The molecule has 0 aliphatic carbocycles. The molecule has 0 saturated carbocycles. The molecule has 1 aromatic rings. The van der Waals surface area contributed by atoms with Gasteiger partial charge in [0.25, 0.3) is 0 Å². The summed E-state index contributed by atoms with van der Waals surface area (Å²) in [4.78, 5) is 12.4. The molecule has 0 heterocycles. The van der Waals surface area contributed by atoms with Crippen molar-refractivity contribution in [2.75, 3.05) is 11.5 Å². The number of benzene rings is 1. The van der Waals surface area contributed by atoms with Gasteiger partial charge in [-0.25, -0.2) is 12.8 Å². The van der Waals surface area contributed by atoms with Crippen LogP contribution in [0.1, 0.15) is 33.3 Å². The number of halogens is 2. The summed E-state index contributed by atoms with van der Waals surface area (Å²) in [5.74, 6) is -1.13. The Morgan fingerprint density at radius 1 is 1.41 bits per heavy atom. The SMILES string of the molecule is CCS(=O)(=O)C[C@@H](C)NC(=O)C(C)(C)c1ccc(Cl)cc1F. The molecule has 0 saturated heterocycles. The molecule has 1 N–H and O–H groups in total. The molecule has 4 nitrogen and oxygen atoms in total. The third-order valence-corrected chi connectivity index (χ3v) is 5.62. The topological polar surface area (TPSA) is 63.2 Å². The van der Waals surface area contributed by atoms with E-state index in [1.807, 2.05) is 0 Å². The van der Waals surface area contributed by atoms with Crippen molar-refractivity contribution in [3.8, 4) is 0 Å². The molecule has 0 fully saturated rings. The van der Waals surface area contributed by atoms with Crippen LogP contribution in [0, 0.1) is 5.82 Å². The normalized spacial score (nSPS) is 13.7. The van der Waals surface area contributed by atoms with Gasteiger partial charge in [0.05, 0.1) is 11.2 Å². The number of hydrogen-bond donors (Lipinski definition) is 1. The maximum absolute atomic E-state index is 14.0. The molecule has 1 rings (SSSR count). The maximum Gasteiger partial charge on any atom is 0.230 e. The summed E-state index contributed by atoms with van der Waals surface area (Å²) in [6.45, 7) is 6.32. The number of hydrogen-bond acceptors (Lipinski definition) is 3. The molecule has 0 spiro atoms. The second kappa shape index (κ2) is 6.96. The fraction of sp³-hybridized carbons (Fsp3) is 0.533. The molecule has 1 amide bonds. The van der Waals surface area contributed by atoms with Gasteiger partial charge in [-0.2, -0.15) is 0 Å². The van der Waals surface area contributed by atoms with Crippen molar-refractivity contribution < 1.29 is 17.6 Å². The third-order valence-electron chi connectivity index (χ3n) is 3.49.